The molecule has 4 heteroatoms. The van der Waals surface area contributed by atoms with E-state index in [1.165, 1.54) is 25.7 Å². The summed E-state index contributed by atoms with van der Waals surface area (Å²) in [5, 5.41) is 0. The van der Waals surface area contributed by atoms with Crippen molar-refractivity contribution in [2.24, 2.45) is 0 Å². The summed E-state index contributed by atoms with van der Waals surface area (Å²) in [5.74, 6) is 0. The molecule has 148 valence electrons. The molecule has 2 aliphatic rings. The van der Waals surface area contributed by atoms with Crippen LogP contribution in [0.25, 0.3) is 0 Å². The van der Waals surface area contributed by atoms with Gasteiger partial charge in [-0.3, -0.25) is 0 Å². The number of hydrogen-bond acceptors (Lipinski definition) is 0. The Balaban J connectivity index is 0.00000106. The van der Waals surface area contributed by atoms with E-state index in [-0.39, 0.29) is 22.3 Å². The Bertz CT molecular complexity index is 645. The molecule has 0 aromatic heterocycles. The van der Waals surface area contributed by atoms with E-state index in [2.05, 4.69) is 61.6 Å². The summed E-state index contributed by atoms with van der Waals surface area (Å²) in [6.07, 6.45) is 5.37. The second-order valence-electron chi connectivity index (χ2n) is 7.47. The summed E-state index contributed by atoms with van der Waals surface area (Å²) < 4.78 is 0. The molecule has 0 bridgehead atoms. The molecule has 2 atom stereocenters. The number of fused-ring (bicyclic) bond motifs is 2. The van der Waals surface area contributed by atoms with Gasteiger partial charge in [-0.2, -0.15) is 0 Å². The molecule has 27 heavy (non-hydrogen) atoms. The minimum atomic E-state index is -1.34. The molecule has 0 amide bonds. The van der Waals surface area contributed by atoms with Gasteiger partial charge in [-0.1, -0.05) is 69.1 Å². The van der Waals surface area contributed by atoms with E-state index in [0.29, 0.717) is 0 Å². The quantitative estimate of drug-likeness (QED) is 0.288. The molecule has 2 aromatic carbocycles. The standard InChI is InChI=1S/C20H24Si.CH4.2CH3.2ClH.Zr/c1-21(2,19-13-11-15-7-3-5-9-17(15)19)20-14-12-16-8-4-6-10-18(16)20;;;;;;/h3-10,19-20H,11-14H2,1-2H3;1H4;2*1H3;2*1H;/q;;2*-1;;;+4/p-2/t19-,20-;;;;;;/m0....../s1. The van der Waals surface area contributed by atoms with Gasteiger partial charge in [0.1, 0.15) is 0 Å². The van der Waals surface area contributed by atoms with Crippen LogP contribution in [0.1, 0.15) is 53.6 Å². The van der Waals surface area contributed by atoms with Crippen LogP contribution in [0.15, 0.2) is 48.5 Å². The Morgan fingerprint density at radius 1 is 0.778 bits per heavy atom. The first kappa shape index (κ1) is 27.1. The van der Waals surface area contributed by atoms with E-state index < -0.39 is 28.9 Å². The zero-order chi connectivity index (χ0) is 17.2. The van der Waals surface area contributed by atoms with Crippen molar-refractivity contribution < 1.29 is 20.8 Å². The summed E-state index contributed by atoms with van der Waals surface area (Å²) in [6.45, 7) is 5.29. The second-order valence-corrected chi connectivity index (χ2v) is 16.2. The van der Waals surface area contributed by atoms with Crippen LogP contribution in [0.4, 0.5) is 0 Å². The molecule has 2 aromatic rings. The Labute approximate surface area is 187 Å². The maximum absolute atomic E-state index is 4.93. The van der Waals surface area contributed by atoms with Crippen LogP contribution in [0.2, 0.25) is 13.1 Å². The van der Waals surface area contributed by atoms with Crippen molar-refractivity contribution in [2.75, 3.05) is 0 Å². The molecular weight excluding hydrogens is 466 g/mol. The fourth-order valence-corrected chi connectivity index (χ4v) is 9.33. The summed E-state index contributed by atoms with van der Waals surface area (Å²) >= 11 is -0.826. The van der Waals surface area contributed by atoms with Crippen molar-refractivity contribution in [3.05, 3.63) is 85.6 Å². The van der Waals surface area contributed by atoms with Gasteiger partial charge in [-0.05, 0) is 59.0 Å². The van der Waals surface area contributed by atoms with Gasteiger partial charge in [-0.25, -0.2) is 0 Å². The van der Waals surface area contributed by atoms with Gasteiger partial charge in [0.05, 0.1) is 8.07 Å². The summed E-state index contributed by atoms with van der Waals surface area (Å²) in [4.78, 5) is 0. The first-order valence-corrected chi connectivity index (χ1v) is 18.2. The molecule has 0 aliphatic heterocycles. The van der Waals surface area contributed by atoms with Crippen LogP contribution in [0, 0.1) is 14.9 Å². The summed E-state index contributed by atoms with van der Waals surface area (Å²) in [7, 11) is 8.53. The molecule has 0 N–H and O–H groups in total. The van der Waals surface area contributed by atoms with Crippen LogP contribution < -0.4 is 0 Å². The third-order valence-electron chi connectivity index (χ3n) is 6.06. The summed E-state index contributed by atoms with van der Waals surface area (Å²) in [6, 6.07) is 18.4. The van der Waals surface area contributed by atoms with Crippen molar-refractivity contribution in [3.8, 4) is 0 Å². The first-order valence-electron chi connectivity index (χ1n) is 8.71. The molecule has 0 heterocycles. The van der Waals surface area contributed by atoms with E-state index in [1.807, 2.05) is 0 Å². The Hall–Kier alpha value is 0.120. The average Bonchev–Trinajstić information content (AvgIpc) is 3.20. The normalized spacial score (nSPS) is 19.0. The minimum absolute atomic E-state index is 0. The Kier molecular flexibility index (Phi) is 12.0. The third-order valence-corrected chi connectivity index (χ3v) is 10.9. The monoisotopic (exact) mass is 498 g/mol. The molecule has 2 aliphatic carbocycles. The van der Waals surface area contributed by atoms with Crippen molar-refractivity contribution in [2.45, 2.75) is 57.3 Å². The molecule has 0 nitrogen and oxygen atoms in total. The zero-order valence-electron chi connectivity index (χ0n) is 16.4. The summed E-state index contributed by atoms with van der Waals surface area (Å²) in [5.41, 5.74) is 8.30. The van der Waals surface area contributed by atoms with Gasteiger partial charge in [0.2, 0.25) is 0 Å². The fourth-order valence-electron chi connectivity index (χ4n) is 4.90. The first-order chi connectivity index (χ1) is 11.6. The van der Waals surface area contributed by atoms with Crippen LogP contribution in [-0.4, -0.2) is 8.07 Å². The Morgan fingerprint density at radius 2 is 1.11 bits per heavy atom. The van der Waals surface area contributed by atoms with Crippen LogP contribution in [0.5, 0.6) is 0 Å². The molecular formula is C23H34Cl2SiZr. The van der Waals surface area contributed by atoms with E-state index in [9.17, 15) is 0 Å². The van der Waals surface area contributed by atoms with Gasteiger partial charge in [0, 0.05) is 0 Å². The van der Waals surface area contributed by atoms with Crippen LogP contribution >= 0.6 is 17.0 Å². The zero-order valence-corrected chi connectivity index (χ0v) is 21.3. The molecule has 0 radical (unpaired) electrons. The molecule has 0 spiro atoms. The predicted molar refractivity (Wildman–Crippen MR) is 124 cm³/mol. The maximum atomic E-state index is 4.93. The molecule has 0 saturated carbocycles. The van der Waals surface area contributed by atoms with Gasteiger partial charge < -0.3 is 14.9 Å². The number of rotatable bonds is 2. The average molecular weight is 501 g/mol. The number of aryl methyl sites for hydroxylation is 2. The molecule has 0 fully saturated rings. The fraction of sp³-hybridized carbons (Fsp3) is 0.391. The number of halogens is 2. The topological polar surface area (TPSA) is 0 Å². The van der Waals surface area contributed by atoms with Gasteiger partial charge in [0.25, 0.3) is 0 Å². The SMILES string of the molecule is C.C[Si](C)([C@H]1CCc2ccccc21)[C@H]1CCc2ccccc21.[CH3-].[CH3-].[Cl][Zr+2][Cl]. The predicted octanol–water partition coefficient (Wildman–Crippen LogP) is 8.15. The number of benzene rings is 2. The van der Waals surface area contributed by atoms with Crippen molar-refractivity contribution in [1.29, 1.82) is 0 Å². The van der Waals surface area contributed by atoms with Gasteiger partial charge in [0.15, 0.2) is 0 Å². The van der Waals surface area contributed by atoms with E-state index in [1.54, 1.807) is 22.3 Å². The molecule has 0 unspecified atom stereocenters. The van der Waals surface area contributed by atoms with E-state index in [0.717, 1.165) is 11.1 Å². The van der Waals surface area contributed by atoms with Crippen molar-refractivity contribution in [3.63, 3.8) is 0 Å². The van der Waals surface area contributed by atoms with Gasteiger partial charge >= 0.3 is 37.9 Å². The van der Waals surface area contributed by atoms with Crippen molar-refractivity contribution >= 4 is 25.1 Å². The van der Waals surface area contributed by atoms with E-state index in [4.69, 9.17) is 17.0 Å². The Morgan fingerprint density at radius 3 is 1.48 bits per heavy atom. The van der Waals surface area contributed by atoms with Crippen LogP contribution in [0.3, 0.4) is 0 Å². The third kappa shape index (κ3) is 5.59. The number of hydrogen-bond donors (Lipinski definition) is 0. The van der Waals surface area contributed by atoms with Crippen molar-refractivity contribution in [1.82, 2.24) is 0 Å². The second kappa shape index (κ2) is 12.0. The molecule has 0 saturated heterocycles. The van der Waals surface area contributed by atoms with Gasteiger partial charge in [-0.15, -0.1) is 0 Å². The molecule has 4 rings (SSSR count). The van der Waals surface area contributed by atoms with Crippen LogP contribution in [-0.2, 0) is 33.7 Å². The van der Waals surface area contributed by atoms with E-state index >= 15 is 0 Å².